The second-order valence-corrected chi connectivity index (χ2v) is 6.66. The molecule has 0 saturated carbocycles. The lowest BCUT2D eigenvalue weighted by atomic mass is 9.83. The number of rotatable bonds is 3. The van der Waals surface area contributed by atoms with Gasteiger partial charge in [-0.2, -0.15) is 5.26 Å². The number of nitriles is 1. The first-order valence-electron chi connectivity index (χ1n) is 8.93. The molecule has 3 aromatic rings. The summed E-state index contributed by atoms with van der Waals surface area (Å²) in [5.74, 6) is 0.690. The average molecular weight is 389 g/mol. The van der Waals surface area contributed by atoms with Gasteiger partial charge in [0.15, 0.2) is 0 Å². The molecule has 1 atom stereocenters. The molecule has 1 aliphatic heterocycles. The Morgan fingerprint density at radius 3 is 2.62 bits per heavy atom. The van der Waals surface area contributed by atoms with Gasteiger partial charge in [0, 0.05) is 24.1 Å². The molecular weight excluding hydrogens is 370 g/mol. The predicted molar refractivity (Wildman–Crippen MR) is 108 cm³/mol. The van der Waals surface area contributed by atoms with Crippen LogP contribution < -0.4 is 25.5 Å². The van der Waals surface area contributed by atoms with Crippen molar-refractivity contribution in [2.24, 2.45) is 12.8 Å². The zero-order chi connectivity index (χ0) is 20.7. The maximum Gasteiger partial charge on any atom is 0.258 e. The normalized spacial score (nSPS) is 15.4. The molecule has 1 aromatic heterocycles. The number of benzene rings is 2. The number of hydrogen-bond acceptors (Lipinski definition) is 6. The highest BCUT2D eigenvalue weighted by molar-refractivity contribution is 5.88. The van der Waals surface area contributed by atoms with Gasteiger partial charge in [-0.15, -0.1) is 0 Å². The fourth-order valence-electron chi connectivity index (χ4n) is 3.79. The number of pyridine rings is 1. The van der Waals surface area contributed by atoms with Gasteiger partial charge in [0.05, 0.1) is 31.2 Å². The molecule has 0 aliphatic carbocycles. The van der Waals surface area contributed by atoms with Gasteiger partial charge in [-0.25, -0.2) is 0 Å². The second kappa shape index (κ2) is 6.91. The monoisotopic (exact) mass is 389 g/mol. The van der Waals surface area contributed by atoms with Crippen molar-refractivity contribution in [2.75, 3.05) is 14.2 Å². The van der Waals surface area contributed by atoms with Crippen molar-refractivity contribution in [3.63, 3.8) is 0 Å². The number of hydrogen-bond donors (Lipinski definition) is 1. The molecule has 2 N–H and O–H groups in total. The SMILES string of the molecule is COc1ccc([C@H]2C(C#N)=C(N)Oc3c2c(=O)n(C)c2ccccc32)c(OC)c1. The maximum absolute atomic E-state index is 13.3. The Bertz CT molecular complexity index is 1270. The van der Waals surface area contributed by atoms with Gasteiger partial charge in [-0.05, 0) is 18.2 Å². The van der Waals surface area contributed by atoms with Crippen LogP contribution in [-0.2, 0) is 7.05 Å². The number of ether oxygens (including phenoxy) is 3. The number of methoxy groups -OCH3 is 2. The predicted octanol–water partition coefficient (Wildman–Crippen LogP) is 2.77. The van der Waals surface area contributed by atoms with Gasteiger partial charge in [0.2, 0.25) is 5.88 Å². The first kappa shape index (κ1) is 18.4. The molecule has 4 rings (SSSR count). The van der Waals surface area contributed by atoms with Gasteiger partial charge in [0.25, 0.3) is 5.56 Å². The number of aromatic nitrogens is 1. The summed E-state index contributed by atoms with van der Waals surface area (Å²) in [5, 5.41) is 10.6. The van der Waals surface area contributed by atoms with Crippen LogP contribution in [0.15, 0.2) is 58.7 Å². The van der Waals surface area contributed by atoms with Crippen molar-refractivity contribution in [3.8, 4) is 23.3 Å². The third-order valence-electron chi connectivity index (χ3n) is 5.22. The molecule has 29 heavy (non-hydrogen) atoms. The van der Waals surface area contributed by atoms with E-state index >= 15 is 0 Å². The van der Waals surface area contributed by atoms with E-state index in [9.17, 15) is 10.1 Å². The van der Waals surface area contributed by atoms with Crippen LogP contribution >= 0.6 is 0 Å². The summed E-state index contributed by atoms with van der Waals surface area (Å²) < 4.78 is 18.2. The Kier molecular flexibility index (Phi) is 4.40. The van der Waals surface area contributed by atoms with E-state index in [4.69, 9.17) is 19.9 Å². The van der Waals surface area contributed by atoms with Crippen molar-refractivity contribution in [1.82, 2.24) is 4.57 Å². The van der Waals surface area contributed by atoms with Crippen LogP contribution in [0.2, 0.25) is 0 Å². The molecule has 2 heterocycles. The first-order valence-corrected chi connectivity index (χ1v) is 8.93. The van der Waals surface area contributed by atoms with Gasteiger partial charge in [0.1, 0.15) is 28.9 Å². The topological polar surface area (TPSA) is 99.5 Å². The lowest BCUT2D eigenvalue weighted by molar-refractivity contribution is 0.382. The number of nitrogens with zero attached hydrogens (tertiary/aromatic N) is 2. The summed E-state index contributed by atoms with van der Waals surface area (Å²) >= 11 is 0. The second-order valence-electron chi connectivity index (χ2n) is 6.66. The van der Waals surface area contributed by atoms with Crippen molar-refractivity contribution < 1.29 is 14.2 Å². The van der Waals surface area contributed by atoms with Crippen molar-refractivity contribution in [1.29, 1.82) is 5.26 Å². The molecular formula is C22H19N3O4. The zero-order valence-corrected chi connectivity index (χ0v) is 16.2. The van der Waals surface area contributed by atoms with Gasteiger partial charge >= 0.3 is 0 Å². The molecule has 0 bridgehead atoms. The van der Waals surface area contributed by atoms with Gasteiger partial charge in [-0.1, -0.05) is 18.2 Å². The third-order valence-corrected chi connectivity index (χ3v) is 5.22. The van der Waals surface area contributed by atoms with Gasteiger partial charge < -0.3 is 24.5 Å². The van der Waals surface area contributed by atoms with E-state index in [-0.39, 0.29) is 17.0 Å². The molecule has 0 fully saturated rings. The Morgan fingerprint density at radius 1 is 1.17 bits per heavy atom. The van der Waals surface area contributed by atoms with Crippen LogP contribution in [0.5, 0.6) is 17.2 Å². The summed E-state index contributed by atoms with van der Waals surface area (Å²) in [6.45, 7) is 0. The molecule has 7 nitrogen and oxygen atoms in total. The molecule has 146 valence electrons. The smallest absolute Gasteiger partial charge is 0.258 e. The van der Waals surface area contributed by atoms with Crippen LogP contribution in [-0.4, -0.2) is 18.8 Å². The van der Waals surface area contributed by atoms with Crippen LogP contribution in [0.25, 0.3) is 10.9 Å². The number of allylic oxidation sites excluding steroid dienone is 1. The largest absolute Gasteiger partial charge is 0.497 e. The summed E-state index contributed by atoms with van der Waals surface area (Å²) in [4.78, 5) is 13.3. The Labute approximate surface area is 167 Å². The Balaban J connectivity index is 2.11. The number of nitrogens with two attached hydrogens (primary N) is 1. The third kappa shape index (κ3) is 2.69. The number of para-hydroxylation sites is 1. The lowest BCUT2D eigenvalue weighted by Gasteiger charge is -2.28. The van der Waals surface area contributed by atoms with Crippen LogP contribution in [0.4, 0.5) is 0 Å². The fourth-order valence-corrected chi connectivity index (χ4v) is 3.79. The molecule has 0 saturated heterocycles. The highest BCUT2D eigenvalue weighted by atomic mass is 16.5. The summed E-state index contributed by atoms with van der Waals surface area (Å²) in [6, 6.07) is 14.8. The van der Waals surface area contributed by atoms with Crippen LogP contribution in [0.3, 0.4) is 0 Å². The Morgan fingerprint density at radius 2 is 1.93 bits per heavy atom. The minimum Gasteiger partial charge on any atom is -0.497 e. The van der Waals surface area contributed by atoms with E-state index in [0.29, 0.717) is 33.9 Å². The molecule has 0 amide bonds. The highest BCUT2D eigenvalue weighted by Crippen LogP contribution is 2.46. The minimum absolute atomic E-state index is 0.0266. The molecule has 0 radical (unpaired) electrons. The van der Waals surface area contributed by atoms with Crippen LogP contribution in [0.1, 0.15) is 17.0 Å². The summed E-state index contributed by atoms with van der Waals surface area (Å²) in [5.41, 5.74) is 7.71. The van der Waals surface area contributed by atoms with Crippen molar-refractivity contribution in [2.45, 2.75) is 5.92 Å². The summed E-state index contributed by atoms with van der Waals surface area (Å²) in [7, 11) is 4.77. The fraction of sp³-hybridized carbons (Fsp3) is 0.182. The Hall–Kier alpha value is -3.92. The molecule has 0 spiro atoms. The van der Waals surface area contributed by atoms with E-state index in [1.807, 2.05) is 24.3 Å². The van der Waals surface area contributed by atoms with E-state index in [1.165, 1.54) is 7.11 Å². The molecule has 0 unspecified atom stereocenters. The average Bonchev–Trinajstić information content (AvgIpc) is 2.76. The number of fused-ring (bicyclic) bond motifs is 3. The van der Waals surface area contributed by atoms with Crippen molar-refractivity contribution in [3.05, 3.63) is 75.4 Å². The number of aryl methyl sites for hydroxylation is 1. The zero-order valence-electron chi connectivity index (χ0n) is 16.2. The van der Waals surface area contributed by atoms with Gasteiger partial charge in [-0.3, -0.25) is 4.79 Å². The van der Waals surface area contributed by atoms with E-state index in [2.05, 4.69) is 6.07 Å². The lowest BCUT2D eigenvalue weighted by Crippen LogP contribution is -2.31. The quantitative estimate of drug-likeness (QED) is 0.739. The van der Waals surface area contributed by atoms with E-state index < -0.39 is 5.92 Å². The molecule has 1 aliphatic rings. The standard InChI is InChI=1S/C22H19N3O4/c1-25-16-7-5-4-6-13(16)20-19(22(25)26)18(15(11-23)21(24)29-20)14-9-8-12(27-2)10-17(14)28-3/h4-10,18H,24H2,1-3H3/t18-/m0/s1. The first-order chi connectivity index (χ1) is 14.0. The van der Waals surface area contributed by atoms with E-state index in [0.717, 1.165) is 5.39 Å². The van der Waals surface area contributed by atoms with Crippen molar-refractivity contribution >= 4 is 10.9 Å². The highest BCUT2D eigenvalue weighted by Gasteiger charge is 2.36. The van der Waals surface area contributed by atoms with E-state index in [1.54, 1.807) is 36.9 Å². The maximum atomic E-state index is 13.3. The van der Waals surface area contributed by atoms with Crippen LogP contribution in [0, 0.1) is 11.3 Å². The molecule has 7 heteroatoms. The minimum atomic E-state index is -0.729. The molecule has 2 aromatic carbocycles. The summed E-state index contributed by atoms with van der Waals surface area (Å²) in [6.07, 6.45) is 0.